The van der Waals surface area contributed by atoms with Crippen LogP contribution >= 0.6 is 0 Å². The Morgan fingerprint density at radius 1 is 1.13 bits per heavy atom. The van der Waals surface area contributed by atoms with Gasteiger partial charge >= 0.3 is 5.97 Å². The molecule has 3 rings (SSSR count). The van der Waals surface area contributed by atoms with Gasteiger partial charge in [0.25, 0.3) is 0 Å². The molecule has 0 radical (unpaired) electrons. The number of fused-ring (bicyclic) bond motifs is 1. The summed E-state index contributed by atoms with van der Waals surface area (Å²) in [6.07, 6.45) is 0. The van der Waals surface area contributed by atoms with Gasteiger partial charge in [-0.25, -0.2) is 4.79 Å². The van der Waals surface area contributed by atoms with E-state index in [0.717, 1.165) is 0 Å². The summed E-state index contributed by atoms with van der Waals surface area (Å²) in [6, 6.07) is 12.9. The summed E-state index contributed by atoms with van der Waals surface area (Å²) in [4.78, 5) is 22.8. The highest BCUT2D eigenvalue weighted by Crippen LogP contribution is 2.30. The number of phenols is 1. The monoisotopic (exact) mass is 312 g/mol. The van der Waals surface area contributed by atoms with Crippen molar-refractivity contribution in [2.75, 3.05) is 6.61 Å². The quantitative estimate of drug-likeness (QED) is 0.768. The number of phenolic OH excluding ortho intramolecular Hbond substituents is 1. The molecule has 0 spiro atoms. The van der Waals surface area contributed by atoms with E-state index in [1.165, 1.54) is 18.2 Å². The summed E-state index contributed by atoms with van der Waals surface area (Å²) in [5.41, 5.74) is 0.437. The van der Waals surface area contributed by atoms with Gasteiger partial charge < -0.3 is 19.4 Å². The Balaban J connectivity index is 2.14. The van der Waals surface area contributed by atoms with E-state index >= 15 is 0 Å². The van der Waals surface area contributed by atoms with Crippen LogP contribution in [0.4, 0.5) is 0 Å². The lowest BCUT2D eigenvalue weighted by Gasteiger charge is -2.08. The van der Waals surface area contributed by atoms with E-state index in [1.807, 2.05) is 18.2 Å². The summed E-state index contributed by atoms with van der Waals surface area (Å²) in [7, 11) is 0. The Kier molecular flexibility index (Phi) is 3.72. The summed E-state index contributed by atoms with van der Waals surface area (Å²) >= 11 is 0. The van der Waals surface area contributed by atoms with Gasteiger partial charge in [0.05, 0.1) is 0 Å². The number of aliphatic carboxylic acids is 1. The number of ether oxygens (including phenoxy) is 1. The molecule has 2 N–H and O–H groups in total. The minimum atomic E-state index is -1.15. The first-order valence-corrected chi connectivity index (χ1v) is 6.75. The summed E-state index contributed by atoms with van der Waals surface area (Å²) in [5.74, 6) is -1.02. The van der Waals surface area contributed by atoms with Gasteiger partial charge in [-0.1, -0.05) is 30.3 Å². The molecular weight excluding hydrogens is 300 g/mol. The molecule has 0 aliphatic heterocycles. The van der Waals surface area contributed by atoms with Crippen molar-refractivity contribution in [3.63, 3.8) is 0 Å². The molecule has 0 fully saturated rings. The van der Waals surface area contributed by atoms with Gasteiger partial charge in [0.1, 0.15) is 28.2 Å². The zero-order valence-corrected chi connectivity index (χ0v) is 11.9. The highest BCUT2D eigenvalue weighted by atomic mass is 16.5. The Hall–Kier alpha value is -3.28. The highest BCUT2D eigenvalue weighted by Gasteiger charge is 2.13. The maximum Gasteiger partial charge on any atom is 0.341 e. The van der Waals surface area contributed by atoms with Crippen LogP contribution in [0.3, 0.4) is 0 Å². The molecule has 116 valence electrons. The van der Waals surface area contributed by atoms with Crippen molar-refractivity contribution in [3.8, 4) is 22.8 Å². The van der Waals surface area contributed by atoms with Crippen molar-refractivity contribution in [1.82, 2.24) is 0 Å². The van der Waals surface area contributed by atoms with Gasteiger partial charge in [0.2, 0.25) is 0 Å². The molecule has 0 saturated carbocycles. The molecule has 0 bridgehead atoms. The molecule has 0 saturated heterocycles. The van der Waals surface area contributed by atoms with Gasteiger partial charge in [0, 0.05) is 23.8 Å². The smallest absolute Gasteiger partial charge is 0.341 e. The lowest BCUT2D eigenvalue weighted by atomic mass is 10.1. The third-order valence-corrected chi connectivity index (χ3v) is 3.20. The van der Waals surface area contributed by atoms with Crippen LogP contribution in [0.1, 0.15) is 0 Å². The van der Waals surface area contributed by atoms with Crippen LogP contribution in [0.2, 0.25) is 0 Å². The molecule has 2 aromatic carbocycles. The Morgan fingerprint density at radius 3 is 2.57 bits per heavy atom. The molecule has 3 aromatic rings. The van der Waals surface area contributed by atoms with E-state index < -0.39 is 18.0 Å². The Bertz CT molecular complexity index is 927. The Morgan fingerprint density at radius 2 is 1.87 bits per heavy atom. The molecule has 1 heterocycles. The fraction of sp³-hybridized carbons (Fsp3) is 0.0588. The van der Waals surface area contributed by atoms with Gasteiger partial charge in [-0.2, -0.15) is 0 Å². The Labute approximate surface area is 130 Å². The second-order valence-corrected chi connectivity index (χ2v) is 4.84. The first-order chi connectivity index (χ1) is 11.0. The fourth-order valence-corrected chi connectivity index (χ4v) is 2.22. The molecule has 6 heteroatoms. The van der Waals surface area contributed by atoms with E-state index in [0.29, 0.717) is 11.3 Å². The lowest BCUT2D eigenvalue weighted by Crippen LogP contribution is -2.09. The molecule has 0 atom stereocenters. The topological polar surface area (TPSA) is 97.0 Å². The first kappa shape index (κ1) is 14.6. The number of hydrogen-bond acceptors (Lipinski definition) is 5. The van der Waals surface area contributed by atoms with Crippen molar-refractivity contribution in [2.45, 2.75) is 0 Å². The summed E-state index contributed by atoms with van der Waals surface area (Å²) in [5, 5.41) is 18.6. The van der Waals surface area contributed by atoms with Crippen molar-refractivity contribution >= 4 is 16.9 Å². The fourth-order valence-electron chi connectivity index (χ4n) is 2.22. The summed E-state index contributed by atoms with van der Waals surface area (Å²) in [6.45, 7) is -0.562. The zero-order valence-electron chi connectivity index (χ0n) is 11.9. The van der Waals surface area contributed by atoms with Crippen molar-refractivity contribution in [3.05, 3.63) is 58.8 Å². The largest absolute Gasteiger partial charge is 0.507 e. The number of hydrogen-bond donors (Lipinski definition) is 2. The van der Waals surface area contributed by atoms with Gasteiger partial charge in [-0.15, -0.1) is 0 Å². The van der Waals surface area contributed by atoms with E-state index in [1.54, 1.807) is 12.1 Å². The lowest BCUT2D eigenvalue weighted by molar-refractivity contribution is -0.139. The van der Waals surface area contributed by atoms with Crippen molar-refractivity contribution < 1.29 is 24.2 Å². The maximum atomic E-state index is 12.2. The van der Waals surface area contributed by atoms with Crippen LogP contribution in [0.5, 0.6) is 11.5 Å². The molecule has 0 aliphatic carbocycles. The van der Waals surface area contributed by atoms with Crippen LogP contribution < -0.4 is 10.2 Å². The molecule has 0 aliphatic rings. The van der Waals surface area contributed by atoms with E-state index in [-0.39, 0.29) is 22.5 Å². The molecular formula is C17H12O6. The maximum absolute atomic E-state index is 12.2. The molecule has 1 aromatic heterocycles. The average Bonchev–Trinajstić information content (AvgIpc) is 2.53. The second kappa shape index (κ2) is 5.84. The number of carboxylic acids is 1. The van der Waals surface area contributed by atoms with Crippen molar-refractivity contribution in [1.29, 1.82) is 0 Å². The second-order valence-electron chi connectivity index (χ2n) is 4.84. The van der Waals surface area contributed by atoms with Gasteiger partial charge in [0.15, 0.2) is 12.0 Å². The van der Waals surface area contributed by atoms with Gasteiger partial charge in [-0.3, -0.25) is 4.79 Å². The third-order valence-electron chi connectivity index (χ3n) is 3.20. The first-order valence-electron chi connectivity index (χ1n) is 6.75. The van der Waals surface area contributed by atoms with Crippen LogP contribution in [-0.2, 0) is 4.79 Å². The minimum Gasteiger partial charge on any atom is -0.507 e. The molecule has 0 unspecified atom stereocenters. The molecule has 0 amide bonds. The van der Waals surface area contributed by atoms with Crippen LogP contribution in [0, 0.1) is 0 Å². The molecule has 23 heavy (non-hydrogen) atoms. The van der Waals surface area contributed by atoms with Crippen LogP contribution in [-0.4, -0.2) is 22.8 Å². The number of carboxylic acid groups (broad SMARTS) is 1. The zero-order chi connectivity index (χ0) is 16.4. The van der Waals surface area contributed by atoms with Crippen LogP contribution in [0.15, 0.2) is 57.7 Å². The molecule has 6 nitrogen and oxygen atoms in total. The average molecular weight is 312 g/mol. The van der Waals surface area contributed by atoms with E-state index in [4.69, 9.17) is 14.3 Å². The third kappa shape index (κ3) is 3.01. The summed E-state index contributed by atoms with van der Waals surface area (Å²) < 4.78 is 10.7. The van der Waals surface area contributed by atoms with E-state index in [2.05, 4.69) is 0 Å². The predicted molar refractivity (Wildman–Crippen MR) is 82.7 cm³/mol. The standard InChI is InChI=1S/C17H12O6/c18-12-6-11(22-9-16(20)21)7-15-17(12)13(19)8-14(23-15)10-4-2-1-3-5-10/h1-8,18H,9H2,(H,20,21). The van der Waals surface area contributed by atoms with E-state index in [9.17, 15) is 14.7 Å². The number of benzene rings is 2. The van der Waals surface area contributed by atoms with Crippen molar-refractivity contribution in [2.24, 2.45) is 0 Å². The predicted octanol–water partition coefficient (Wildman–Crippen LogP) is 2.63. The minimum absolute atomic E-state index is 0.0207. The normalized spacial score (nSPS) is 10.6. The number of carbonyl (C=O) groups is 1. The van der Waals surface area contributed by atoms with Crippen LogP contribution in [0.25, 0.3) is 22.3 Å². The van der Waals surface area contributed by atoms with Gasteiger partial charge in [-0.05, 0) is 0 Å². The SMILES string of the molecule is O=C(O)COc1cc(O)c2c(=O)cc(-c3ccccc3)oc2c1. The highest BCUT2D eigenvalue weighted by molar-refractivity contribution is 5.86. The number of rotatable bonds is 4. The number of aromatic hydroxyl groups is 1.